The Balaban J connectivity index is 0. The van der Waals surface area contributed by atoms with E-state index in [9.17, 15) is 4.79 Å². The third-order valence-electron chi connectivity index (χ3n) is 0.995. The molecule has 0 fully saturated rings. The molecule has 2 nitrogen and oxygen atoms in total. The van der Waals surface area contributed by atoms with Gasteiger partial charge in [0.25, 0.3) is 0 Å². The summed E-state index contributed by atoms with van der Waals surface area (Å²) in [5, 5.41) is 0. The largest absolute Gasteiger partial charge is 0.292 e. The Morgan fingerprint density at radius 1 is 1.50 bits per heavy atom. The molecule has 0 saturated heterocycles. The third kappa shape index (κ3) is 6.16. The number of aliphatic imine (C=N–C) groups is 1. The molecule has 0 bridgehead atoms. The lowest BCUT2D eigenvalue weighted by Crippen LogP contribution is -2.12. The van der Waals surface area contributed by atoms with Crippen LogP contribution in [-0.4, -0.2) is 24.3 Å². The zero-order valence-electron chi connectivity index (χ0n) is 8.16. The molecule has 0 aromatic heterocycles. The van der Waals surface area contributed by atoms with Crippen molar-refractivity contribution in [2.45, 2.75) is 20.8 Å². The van der Waals surface area contributed by atoms with Gasteiger partial charge < -0.3 is 0 Å². The monoisotopic (exact) mass is 187 g/mol. The Morgan fingerprint density at radius 2 is 2.00 bits per heavy atom. The van der Waals surface area contributed by atoms with Crippen LogP contribution in [0.1, 0.15) is 20.8 Å². The quantitative estimate of drug-likeness (QED) is 0.532. The molecule has 0 spiro atoms. The maximum Gasteiger partial charge on any atom is 0.190 e. The molecular formula is C9H17NOS. The predicted octanol–water partition coefficient (Wildman–Crippen LogP) is 2.16. The van der Waals surface area contributed by atoms with E-state index in [0.29, 0.717) is 5.71 Å². The van der Waals surface area contributed by atoms with Crippen LogP contribution in [0.25, 0.3) is 0 Å². The third-order valence-corrected chi connectivity index (χ3v) is 1.28. The summed E-state index contributed by atoms with van der Waals surface area (Å²) < 4.78 is 0. The minimum atomic E-state index is -0.0380. The molecule has 0 rings (SSSR count). The van der Waals surface area contributed by atoms with Crippen molar-refractivity contribution in [2.24, 2.45) is 4.99 Å². The highest BCUT2D eigenvalue weighted by atomic mass is 32.1. The zero-order valence-corrected chi connectivity index (χ0v) is 9.06. The Morgan fingerprint density at radius 3 is 2.25 bits per heavy atom. The Bertz CT molecular complexity index is 173. The van der Waals surface area contributed by atoms with Crippen molar-refractivity contribution in [3.8, 4) is 0 Å². The van der Waals surface area contributed by atoms with Crippen LogP contribution in [0.5, 0.6) is 0 Å². The number of rotatable bonds is 3. The van der Waals surface area contributed by atoms with Gasteiger partial charge in [0.15, 0.2) is 5.78 Å². The second kappa shape index (κ2) is 10.4. The van der Waals surface area contributed by atoms with Gasteiger partial charge in [-0.25, -0.2) is 0 Å². The summed E-state index contributed by atoms with van der Waals surface area (Å²) in [5.41, 5.74) is 0.484. The standard InChI is InChI=1S/C7H11NOS.C2H6/c1-3-4-6(8-2)7(9)5-10;1-2/h3-4,10H,5H2,1-2H3;1-2H3/b4-3-,8-6?;. The average molecular weight is 187 g/mol. The van der Waals surface area contributed by atoms with Gasteiger partial charge in [-0.3, -0.25) is 9.79 Å². The number of hydrogen-bond donors (Lipinski definition) is 1. The van der Waals surface area contributed by atoms with Crippen LogP contribution in [0.15, 0.2) is 17.1 Å². The number of carbonyl (C=O) groups excluding carboxylic acids is 1. The molecule has 3 heteroatoms. The average Bonchev–Trinajstić information content (AvgIpc) is 2.16. The first-order valence-corrected chi connectivity index (χ1v) is 4.63. The first-order valence-electron chi connectivity index (χ1n) is 3.99. The fourth-order valence-electron chi connectivity index (χ4n) is 0.531. The van der Waals surface area contributed by atoms with Crippen molar-refractivity contribution in [2.75, 3.05) is 12.8 Å². The van der Waals surface area contributed by atoms with Gasteiger partial charge in [-0.2, -0.15) is 12.6 Å². The van der Waals surface area contributed by atoms with E-state index in [4.69, 9.17) is 0 Å². The van der Waals surface area contributed by atoms with E-state index in [1.807, 2.05) is 20.8 Å². The Hall–Kier alpha value is -0.570. The lowest BCUT2D eigenvalue weighted by atomic mass is 10.2. The van der Waals surface area contributed by atoms with Crippen molar-refractivity contribution >= 4 is 24.1 Å². The normalized spacial score (nSPS) is 10.9. The number of allylic oxidation sites excluding steroid dienone is 2. The molecule has 0 unspecified atom stereocenters. The maximum atomic E-state index is 10.9. The predicted molar refractivity (Wildman–Crippen MR) is 58.4 cm³/mol. The lowest BCUT2D eigenvalue weighted by molar-refractivity contribution is -0.110. The van der Waals surface area contributed by atoms with Gasteiger partial charge in [-0.15, -0.1) is 0 Å². The first kappa shape index (κ1) is 14.0. The topological polar surface area (TPSA) is 29.4 Å². The van der Waals surface area contributed by atoms with Crippen molar-refractivity contribution < 1.29 is 4.79 Å². The molecule has 0 N–H and O–H groups in total. The van der Waals surface area contributed by atoms with Gasteiger partial charge in [-0.1, -0.05) is 19.9 Å². The minimum Gasteiger partial charge on any atom is -0.292 e. The molecule has 0 aromatic carbocycles. The van der Waals surface area contributed by atoms with Crippen LogP contribution in [-0.2, 0) is 4.79 Å². The van der Waals surface area contributed by atoms with Crippen LogP contribution in [0, 0.1) is 0 Å². The van der Waals surface area contributed by atoms with E-state index in [2.05, 4.69) is 17.6 Å². The van der Waals surface area contributed by atoms with Crippen molar-refractivity contribution in [1.29, 1.82) is 0 Å². The number of nitrogens with zero attached hydrogens (tertiary/aromatic N) is 1. The van der Waals surface area contributed by atoms with E-state index in [0.717, 1.165) is 0 Å². The number of hydrogen-bond acceptors (Lipinski definition) is 3. The minimum absolute atomic E-state index is 0.0380. The molecule has 0 atom stereocenters. The van der Waals surface area contributed by atoms with Crippen LogP contribution in [0.2, 0.25) is 0 Å². The van der Waals surface area contributed by atoms with Gasteiger partial charge in [0.05, 0.1) is 5.75 Å². The Labute approximate surface area is 80.2 Å². The van der Waals surface area contributed by atoms with E-state index in [1.165, 1.54) is 0 Å². The molecule has 12 heavy (non-hydrogen) atoms. The van der Waals surface area contributed by atoms with E-state index in [1.54, 1.807) is 19.2 Å². The van der Waals surface area contributed by atoms with Crippen LogP contribution in [0.4, 0.5) is 0 Å². The molecular weight excluding hydrogens is 170 g/mol. The van der Waals surface area contributed by atoms with Crippen LogP contribution >= 0.6 is 12.6 Å². The maximum absolute atomic E-state index is 10.9. The van der Waals surface area contributed by atoms with Gasteiger partial charge >= 0.3 is 0 Å². The van der Waals surface area contributed by atoms with Gasteiger partial charge in [0.1, 0.15) is 5.71 Å². The Kier molecular flexibility index (Phi) is 12.2. The zero-order chi connectivity index (χ0) is 9.98. The lowest BCUT2D eigenvalue weighted by Gasteiger charge is -1.92. The van der Waals surface area contributed by atoms with Gasteiger partial charge in [-0.05, 0) is 13.0 Å². The van der Waals surface area contributed by atoms with E-state index >= 15 is 0 Å². The van der Waals surface area contributed by atoms with Crippen LogP contribution in [0.3, 0.4) is 0 Å². The number of carbonyl (C=O) groups is 1. The highest BCUT2D eigenvalue weighted by Gasteiger charge is 2.02. The summed E-state index contributed by atoms with van der Waals surface area (Å²) in [6.45, 7) is 5.84. The summed E-state index contributed by atoms with van der Waals surface area (Å²) in [6, 6.07) is 0. The van der Waals surface area contributed by atoms with Crippen molar-refractivity contribution in [3.05, 3.63) is 12.2 Å². The fraction of sp³-hybridized carbons (Fsp3) is 0.556. The molecule has 0 amide bonds. The summed E-state index contributed by atoms with van der Waals surface area (Å²) >= 11 is 3.84. The highest BCUT2D eigenvalue weighted by molar-refractivity contribution is 7.81. The van der Waals surface area contributed by atoms with Crippen molar-refractivity contribution in [3.63, 3.8) is 0 Å². The molecule has 0 aromatic rings. The van der Waals surface area contributed by atoms with Crippen LogP contribution < -0.4 is 0 Å². The molecule has 0 radical (unpaired) electrons. The second-order valence-electron chi connectivity index (χ2n) is 1.69. The summed E-state index contributed by atoms with van der Waals surface area (Å²) in [5.74, 6) is 0.181. The number of Topliss-reactive ketones (excluding diaryl/α,β-unsaturated/α-hetero) is 1. The molecule has 0 aliphatic rings. The fourth-order valence-corrected chi connectivity index (χ4v) is 0.693. The molecule has 0 aliphatic carbocycles. The second-order valence-corrected chi connectivity index (χ2v) is 2.01. The number of ketones is 1. The van der Waals surface area contributed by atoms with E-state index < -0.39 is 0 Å². The van der Waals surface area contributed by atoms with Crippen molar-refractivity contribution in [1.82, 2.24) is 0 Å². The molecule has 0 saturated carbocycles. The van der Waals surface area contributed by atoms with Gasteiger partial charge in [0, 0.05) is 7.05 Å². The van der Waals surface area contributed by atoms with E-state index in [-0.39, 0.29) is 11.5 Å². The summed E-state index contributed by atoms with van der Waals surface area (Å²) in [4.78, 5) is 14.7. The summed E-state index contributed by atoms with van der Waals surface area (Å²) in [6.07, 6.45) is 3.46. The molecule has 0 heterocycles. The highest BCUT2D eigenvalue weighted by Crippen LogP contribution is 1.87. The number of thiol groups is 1. The van der Waals surface area contributed by atoms with Gasteiger partial charge in [0.2, 0.25) is 0 Å². The molecule has 70 valence electrons. The summed E-state index contributed by atoms with van der Waals surface area (Å²) in [7, 11) is 1.59. The molecule has 0 aliphatic heterocycles. The SMILES string of the molecule is C/C=C\C(=NC)C(=O)CS.CC. The first-order chi connectivity index (χ1) is 5.76. The smallest absolute Gasteiger partial charge is 0.190 e.